The first-order valence-corrected chi connectivity index (χ1v) is 0. The van der Waals surface area contributed by atoms with Crippen LogP contribution in [0.15, 0.2) is 0 Å². The third-order valence-corrected chi connectivity index (χ3v) is 0. The van der Waals surface area contributed by atoms with Gasteiger partial charge in [-0.2, -0.15) is 0 Å². The number of hydrogen-bond acceptors (Lipinski definition) is 0. The van der Waals surface area contributed by atoms with Crippen molar-refractivity contribution in [2.75, 3.05) is 0 Å². The fourth-order valence-electron chi connectivity index (χ4n) is 0. The second kappa shape index (κ2) is 22.1. The Morgan fingerprint density at radius 3 is 1.25 bits per heavy atom. The van der Waals surface area contributed by atoms with Crippen molar-refractivity contribution in [2.24, 2.45) is 0 Å². The summed E-state index contributed by atoms with van der Waals surface area (Å²) in [5.41, 5.74) is 0. The van der Waals surface area contributed by atoms with E-state index >= 15 is 0 Å². The molecule has 0 aromatic carbocycles. The molecule has 0 aromatic rings. The van der Waals surface area contributed by atoms with Gasteiger partial charge in [-0.25, -0.2) is 0 Å². The molecule has 0 saturated heterocycles. The van der Waals surface area contributed by atoms with Crippen molar-refractivity contribution < 1.29 is 36.4 Å². The first kappa shape index (κ1) is 43.2. The average Bonchev–Trinajstić information content (AvgIpc) is 0. The molecule has 0 aromatic heterocycles. The SMILES string of the molecule is [AlH3].[Be+2].[Cu].[H-].[H-].[Ni]. The smallest absolute Gasteiger partial charge is 1.00 e. The van der Waals surface area contributed by atoms with Gasteiger partial charge in [-0.3, -0.25) is 0 Å². The van der Waals surface area contributed by atoms with Crippen LogP contribution in [0.4, 0.5) is 0 Å². The van der Waals surface area contributed by atoms with Crippen molar-refractivity contribution in [3.8, 4) is 0 Å². The van der Waals surface area contributed by atoms with Gasteiger partial charge in [-0.15, -0.1) is 0 Å². The normalized spacial score (nSPS) is 0. The van der Waals surface area contributed by atoms with Crippen LogP contribution in [0.2, 0.25) is 0 Å². The van der Waals surface area contributed by atoms with Crippen molar-refractivity contribution in [1.82, 2.24) is 0 Å². The van der Waals surface area contributed by atoms with E-state index in [-0.39, 0.29) is 63.9 Å². The zero-order chi connectivity index (χ0) is 0. The van der Waals surface area contributed by atoms with Gasteiger partial charge in [-0.05, 0) is 0 Å². The summed E-state index contributed by atoms with van der Waals surface area (Å²) in [6, 6.07) is 0. The first-order chi connectivity index (χ1) is 0. The van der Waals surface area contributed by atoms with E-state index in [1.54, 1.807) is 0 Å². The average molecular weight is 163 g/mol. The van der Waals surface area contributed by atoms with Crippen LogP contribution in [0.1, 0.15) is 2.85 Å². The topological polar surface area (TPSA) is 0 Å². The summed E-state index contributed by atoms with van der Waals surface area (Å²) in [5.74, 6) is 0. The molecular formula is H5AlBeCuNi. The van der Waals surface area contributed by atoms with Crippen molar-refractivity contribution in [3.63, 3.8) is 0 Å². The van der Waals surface area contributed by atoms with Crippen LogP contribution in [0.25, 0.3) is 0 Å². The van der Waals surface area contributed by atoms with E-state index in [1.807, 2.05) is 0 Å². The molecule has 0 unspecified atom stereocenters. The van der Waals surface area contributed by atoms with E-state index in [4.69, 9.17) is 0 Å². The van der Waals surface area contributed by atoms with Gasteiger partial charge in [0.15, 0.2) is 17.4 Å². The van der Waals surface area contributed by atoms with Crippen LogP contribution in [0.5, 0.6) is 0 Å². The Kier molecular flexibility index (Phi) is 239. The zero-order valence-electron chi connectivity index (χ0n) is 3.32. The monoisotopic (exact) mass is 162 g/mol. The third kappa shape index (κ3) is 9.31. The summed E-state index contributed by atoms with van der Waals surface area (Å²) in [6.45, 7) is 0. The molecule has 4 heavy (non-hydrogen) atoms. The minimum absolute atomic E-state index is 0. The summed E-state index contributed by atoms with van der Waals surface area (Å²) >= 11 is 0. The van der Waals surface area contributed by atoms with Crippen LogP contribution >= 0.6 is 0 Å². The van der Waals surface area contributed by atoms with E-state index < -0.39 is 0 Å². The van der Waals surface area contributed by atoms with E-state index in [0.717, 1.165) is 0 Å². The maximum absolute atomic E-state index is 0. The fourth-order valence-corrected chi connectivity index (χ4v) is 0. The van der Waals surface area contributed by atoms with Crippen LogP contribution in [0, 0.1) is 0 Å². The Balaban J connectivity index is 0. The van der Waals surface area contributed by atoms with Gasteiger partial charge in [0.05, 0.1) is 0 Å². The predicted octanol–water partition coefficient (Wildman–Crippen LogP) is -1.34. The van der Waals surface area contributed by atoms with Gasteiger partial charge in [0.2, 0.25) is 0 Å². The van der Waals surface area contributed by atoms with Gasteiger partial charge in [0, 0.05) is 33.6 Å². The zero-order valence-corrected chi connectivity index (χ0v) is 3.25. The van der Waals surface area contributed by atoms with Gasteiger partial charge in [-0.1, -0.05) is 0 Å². The molecule has 0 aliphatic carbocycles. The van der Waals surface area contributed by atoms with Crippen molar-refractivity contribution in [3.05, 3.63) is 0 Å². The molecule has 0 heterocycles. The summed E-state index contributed by atoms with van der Waals surface area (Å²) in [7, 11) is 0. The molecule has 0 aliphatic rings. The van der Waals surface area contributed by atoms with Crippen molar-refractivity contribution in [1.29, 1.82) is 0 Å². The molecule has 0 nitrogen and oxygen atoms in total. The van der Waals surface area contributed by atoms with Gasteiger partial charge >= 0.3 is 10.1 Å². The Labute approximate surface area is 63.8 Å². The second-order valence-corrected chi connectivity index (χ2v) is 0. The molecule has 0 atom stereocenters. The number of hydrogen-bond donors (Lipinski definition) is 0. The summed E-state index contributed by atoms with van der Waals surface area (Å²) in [4.78, 5) is 0. The molecule has 0 bridgehead atoms. The summed E-state index contributed by atoms with van der Waals surface area (Å²) < 4.78 is 0. The van der Waals surface area contributed by atoms with Crippen LogP contribution < -0.4 is 0 Å². The van der Waals surface area contributed by atoms with Crippen LogP contribution in [-0.2, 0) is 33.6 Å². The molecule has 0 rings (SSSR count). The first-order valence-electron chi connectivity index (χ1n) is 0. The fraction of sp³-hybridized carbons (Fsp3) is 0. The quantitative estimate of drug-likeness (QED) is 0.388. The molecule has 0 saturated carbocycles. The van der Waals surface area contributed by atoms with Crippen molar-refractivity contribution in [2.45, 2.75) is 0 Å². The third-order valence-electron chi connectivity index (χ3n) is 0. The molecule has 31 valence electrons. The van der Waals surface area contributed by atoms with Crippen molar-refractivity contribution >= 4 is 27.5 Å². The van der Waals surface area contributed by atoms with E-state index in [9.17, 15) is 0 Å². The Morgan fingerprint density at radius 1 is 1.25 bits per heavy atom. The van der Waals surface area contributed by atoms with E-state index in [2.05, 4.69) is 0 Å². The Hall–Kier alpha value is 1.71. The standard InChI is InChI=1S/Al.Be.Cu.Ni.5H/q;+2;;;;;;2*-1. The largest absolute Gasteiger partial charge is 2.00 e. The Bertz CT molecular complexity index is 13.5. The molecule has 4 heteroatoms. The van der Waals surface area contributed by atoms with E-state index in [1.165, 1.54) is 0 Å². The Morgan fingerprint density at radius 2 is 1.25 bits per heavy atom. The molecule has 0 amide bonds. The maximum Gasteiger partial charge on any atom is 2.00 e. The summed E-state index contributed by atoms with van der Waals surface area (Å²) in [6.07, 6.45) is 0. The molecule has 1 radical (unpaired) electrons. The number of rotatable bonds is 0. The van der Waals surface area contributed by atoms with E-state index in [0.29, 0.717) is 0 Å². The van der Waals surface area contributed by atoms with Crippen LogP contribution in [-0.4, -0.2) is 27.5 Å². The maximum atomic E-state index is 0. The van der Waals surface area contributed by atoms with Gasteiger partial charge < -0.3 is 2.85 Å². The molecule has 0 spiro atoms. The molecule has 0 N–H and O–H groups in total. The molecule has 0 aliphatic heterocycles. The van der Waals surface area contributed by atoms with Crippen LogP contribution in [0.3, 0.4) is 0 Å². The molecule has 0 fully saturated rings. The molecular weight excluding hydrogens is 158 g/mol. The minimum Gasteiger partial charge on any atom is -1.00 e. The predicted molar refractivity (Wildman–Crippen MR) is 17.9 cm³/mol. The minimum atomic E-state index is 0. The van der Waals surface area contributed by atoms with Gasteiger partial charge in [0.1, 0.15) is 0 Å². The van der Waals surface area contributed by atoms with Gasteiger partial charge in [0.25, 0.3) is 0 Å². The second-order valence-electron chi connectivity index (χ2n) is 0. The summed E-state index contributed by atoms with van der Waals surface area (Å²) in [5, 5.41) is 0.